The summed E-state index contributed by atoms with van der Waals surface area (Å²) in [6, 6.07) is 32.3. The summed E-state index contributed by atoms with van der Waals surface area (Å²) in [7, 11) is -0.446. The zero-order chi connectivity index (χ0) is 18.8. The number of carbonyl (C=O) groups excluding carboxylic acids is 2. The van der Waals surface area contributed by atoms with Crippen LogP contribution in [-0.2, 0) is 9.59 Å². The molecule has 0 unspecified atom stereocenters. The number of benzene rings is 3. The first-order valence-electron chi connectivity index (χ1n) is 8.52. The molecule has 3 aromatic carbocycles. The predicted molar refractivity (Wildman–Crippen MR) is 111 cm³/mol. The lowest BCUT2D eigenvalue weighted by Crippen LogP contribution is -2.20. The summed E-state index contributed by atoms with van der Waals surface area (Å²) in [5.41, 5.74) is 0. The number of hydrogen-bond acceptors (Lipinski definition) is 2. The summed E-state index contributed by atoms with van der Waals surface area (Å²) >= 11 is 0. The lowest BCUT2D eigenvalue weighted by molar-refractivity contribution is -0.124. The van der Waals surface area contributed by atoms with Crippen molar-refractivity contribution in [2.24, 2.45) is 0 Å². The van der Waals surface area contributed by atoms with Crippen LogP contribution in [0, 0.1) is 0 Å². The molecule has 0 saturated carbocycles. The van der Waals surface area contributed by atoms with Gasteiger partial charge < -0.3 is 0 Å². The zero-order valence-electron chi connectivity index (χ0n) is 15.1. The van der Waals surface area contributed by atoms with Crippen LogP contribution < -0.4 is 15.9 Å². The Morgan fingerprint density at radius 1 is 0.577 bits per heavy atom. The molecule has 3 rings (SSSR count). The molecule has 3 aromatic rings. The lowest BCUT2D eigenvalue weighted by atomic mass is 10.2. The van der Waals surface area contributed by atoms with Crippen LogP contribution in [0.2, 0.25) is 0 Å². The van der Waals surface area contributed by atoms with Crippen LogP contribution in [-0.4, -0.2) is 11.6 Å². The van der Waals surface area contributed by atoms with E-state index in [1.807, 2.05) is 0 Å². The van der Waals surface area contributed by atoms with Crippen LogP contribution in [0.25, 0.3) is 0 Å². The molecule has 0 N–H and O–H groups in total. The van der Waals surface area contributed by atoms with E-state index in [9.17, 15) is 9.59 Å². The fourth-order valence-electron chi connectivity index (χ4n) is 2.53. The smallest absolute Gasteiger partial charge is 0.137 e. The normalized spacial score (nSPS) is 9.96. The van der Waals surface area contributed by atoms with Crippen molar-refractivity contribution in [2.45, 2.75) is 20.3 Å². The van der Waals surface area contributed by atoms with Gasteiger partial charge in [-0.25, -0.2) is 0 Å². The Labute approximate surface area is 156 Å². The maximum atomic E-state index is 10.0. The highest BCUT2D eigenvalue weighted by Gasteiger charge is 2.14. The first-order valence-corrected chi connectivity index (χ1v) is 9.86. The maximum absolute atomic E-state index is 10.0. The second kappa shape index (κ2) is 10.4. The minimum Gasteiger partial charge on any atom is -0.300 e. The van der Waals surface area contributed by atoms with Crippen LogP contribution in [0.5, 0.6) is 0 Å². The minimum absolute atomic E-state index is 0.0625. The van der Waals surface area contributed by atoms with Crippen LogP contribution in [0.3, 0.4) is 0 Å². The van der Waals surface area contributed by atoms with Crippen molar-refractivity contribution in [1.82, 2.24) is 0 Å². The Kier molecular flexibility index (Phi) is 7.92. The standard InChI is InChI=1S/C18H15P.C5H8O2/c1-4-10-16(11-5-1)19(17-12-6-2-7-13-17)18-14-8-3-9-15-18;1-4(6)3-5(2)7/h1-15H;3H2,1-2H3. The number of carbonyl (C=O) groups is 2. The van der Waals surface area contributed by atoms with Gasteiger partial charge in [-0.3, -0.25) is 9.59 Å². The molecule has 0 spiro atoms. The van der Waals surface area contributed by atoms with Gasteiger partial charge in [-0.05, 0) is 37.7 Å². The molecular weight excluding hydrogens is 339 g/mol. The van der Waals surface area contributed by atoms with E-state index >= 15 is 0 Å². The van der Waals surface area contributed by atoms with Gasteiger partial charge in [0.2, 0.25) is 0 Å². The van der Waals surface area contributed by atoms with Crippen LogP contribution in [0.15, 0.2) is 91.0 Å². The fourth-order valence-corrected chi connectivity index (χ4v) is 4.83. The maximum Gasteiger partial charge on any atom is 0.137 e. The summed E-state index contributed by atoms with van der Waals surface area (Å²) in [5.74, 6) is -0.125. The molecule has 0 heterocycles. The molecule has 0 aliphatic heterocycles. The van der Waals surface area contributed by atoms with Crippen molar-refractivity contribution in [1.29, 1.82) is 0 Å². The number of Topliss-reactive ketones (excluding diaryl/α,β-unsaturated/α-hetero) is 2. The van der Waals surface area contributed by atoms with Crippen molar-refractivity contribution in [3.05, 3.63) is 91.0 Å². The third-order valence-electron chi connectivity index (χ3n) is 3.54. The van der Waals surface area contributed by atoms with Crippen molar-refractivity contribution in [3.63, 3.8) is 0 Å². The highest BCUT2D eigenvalue weighted by atomic mass is 31.1. The lowest BCUT2D eigenvalue weighted by Gasteiger charge is -2.18. The quantitative estimate of drug-likeness (QED) is 0.508. The molecule has 0 amide bonds. The number of hydrogen-bond donors (Lipinski definition) is 0. The first kappa shape index (κ1) is 19.8. The van der Waals surface area contributed by atoms with Gasteiger partial charge in [0.15, 0.2) is 0 Å². The Morgan fingerprint density at radius 3 is 1.04 bits per heavy atom. The summed E-state index contributed by atoms with van der Waals surface area (Å²) in [6.07, 6.45) is 0.0833. The van der Waals surface area contributed by atoms with Gasteiger partial charge in [0.25, 0.3) is 0 Å². The highest BCUT2D eigenvalue weighted by molar-refractivity contribution is 7.79. The molecule has 0 bridgehead atoms. The summed E-state index contributed by atoms with van der Waals surface area (Å²) in [6.45, 7) is 2.81. The molecule has 0 fully saturated rings. The van der Waals surface area contributed by atoms with Crippen molar-refractivity contribution >= 4 is 35.4 Å². The van der Waals surface area contributed by atoms with Crippen molar-refractivity contribution < 1.29 is 9.59 Å². The molecule has 0 aliphatic rings. The molecule has 2 nitrogen and oxygen atoms in total. The summed E-state index contributed by atoms with van der Waals surface area (Å²) < 4.78 is 0. The van der Waals surface area contributed by atoms with Gasteiger partial charge in [0, 0.05) is 0 Å². The van der Waals surface area contributed by atoms with E-state index in [1.165, 1.54) is 29.8 Å². The van der Waals surface area contributed by atoms with E-state index in [-0.39, 0.29) is 18.0 Å². The van der Waals surface area contributed by atoms with Crippen molar-refractivity contribution in [2.75, 3.05) is 0 Å². The third-order valence-corrected chi connectivity index (χ3v) is 5.98. The molecule has 3 heteroatoms. The average molecular weight is 362 g/mol. The second-order valence-corrected chi connectivity index (χ2v) is 8.14. The Hall–Kier alpha value is -2.57. The SMILES string of the molecule is CC(=O)CC(C)=O.c1ccc(P(c2ccccc2)c2ccccc2)cc1. The Bertz CT molecular complexity index is 709. The molecule has 0 radical (unpaired) electrons. The molecule has 132 valence electrons. The first-order chi connectivity index (χ1) is 12.6. The molecular formula is C23H23O2P. The molecule has 26 heavy (non-hydrogen) atoms. The van der Waals surface area contributed by atoms with Gasteiger partial charge in [-0.15, -0.1) is 0 Å². The monoisotopic (exact) mass is 362 g/mol. The van der Waals surface area contributed by atoms with Gasteiger partial charge in [0.1, 0.15) is 11.6 Å². The van der Waals surface area contributed by atoms with E-state index < -0.39 is 7.92 Å². The Morgan fingerprint density at radius 2 is 0.846 bits per heavy atom. The summed E-state index contributed by atoms with van der Waals surface area (Å²) in [4.78, 5) is 20.1. The van der Waals surface area contributed by atoms with Gasteiger partial charge in [-0.2, -0.15) is 0 Å². The summed E-state index contributed by atoms with van der Waals surface area (Å²) in [5, 5.41) is 4.19. The third kappa shape index (κ3) is 6.38. The highest BCUT2D eigenvalue weighted by Crippen LogP contribution is 2.32. The van der Waals surface area contributed by atoms with Gasteiger partial charge in [-0.1, -0.05) is 91.0 Å². The molecule has 0 saturated heterocycles. The largest absolute Gasteiger partial charge is 0.300 e. The Balaban J connectivity index is 0.000000298. The topological polar surface area (TPSA) is 34.1 Å². The zero-order valence-corrected chi connectivity index (χ0v) is 16.0. The van der Waals surface area contributed by atoms with Crippen LogP contribution >= 0.6 is 7.92 Å². The van der Waals surface area contributed by atoms with E-state index in [4.69, 9.17) is 0 Å². The molecule has 0 atom stereocenters. The van der Waals surface area contributed by atoms with E-state index in [2.05, 4.69) is 91.0 Å². The minimum atomic E-state index is -0.446. The molecule has 0 aromatic heterocycles. The average Bonchev–Trinajstić information content (AvgIpc) is 2.64. The van der Waals surface area contributed by atoms with Crippen molar-refractivity contribution in [3.8, 4) is 0 Å². The van der Waals surface area contributed by atoms with Gasteiger partial charge in [0.05, 0.1) is 6.42 Å². The number of rotatable bonds is 5. The van der Waals surface area contributed by atoms with Gasteiger partial charge >= 0.3 is 0 Å². The fraction of sp³-hybridized carbons (Fsp3) is 0.130. The van der Waals surface area contributed by atoms with E-state index in [1.54, 1.807) is 0 Å². The van der Waals surface area contributed by atoms with E-state index in [0.29, 0.717) is 0 Å². The molecule has 0 aliphatic carbocycles. The van der Waals surface area contributed by atoms with Crippen LogP contribution in [0.1, 0.15) is 20.3 Å². The number of ketones is 2. The van der Waals surface area contributed by atoms with E-state index in [0.717, 1.165) is 0 Å². The predicted octanol–water partition coefficient (Wildman–Crippen LogP) is 4.00. The second-order valence-electron chi connectivity index (χ2n) is 5.92. The van der Waals surface area contributed by atoms with Crippen LogP contribution in [0.4, 0.5) is 0 Å².